The average molecular weight is 270 g/mol. The minimum Gasteiger partial charge on any atom is -0.466 e. The summed E-state index contributed by atoms with van der Waals surface area (Å²) < 4.78 is 31.2. The number of ether oxygens (including phenoxy) is 1. The lowest BCUT2D eigenvalue weighted by molar-refractivity contribution is -0.143. The predicted molar refractivity (Wildman–Crippen MR) is 69.8 cm³/mol. The number of unbranched alkanes of at least 4 members (excludes halogenated alkanes) is 3. The van der Waals surface area contributed by atoms with Gasteiger partial charge >= 0.3 is 5.97 Å². The van der Waals surface area contributed by atoms with E-state index in [1.54, 1.807) is 0 Å². The lowest BCUT2D eigenvalue weighted by Crippen LogP contribution is -2.07. The lowest BCUT2D eigenvalue weighted by Gasteiger charge is -2.05. The second kappa shape index (κ2) is 8.62. The molecule has 0 saturated heterocycles. The number of carbonyl (C=O) groups is 1. The summed E-state index contributed by atoms with van der Waals surface area (Å²) in [5.74, 6) is -1.35. The fourth-order valence-corrected chi connectivity index (χ4v) is 1.76. The maximum Gasteiger partial charge on any atom is 0.306 e. The monoisotopic (exact) mass is 270 g/mol. The largest absolute Gasteiger partial charge is 0.466 e. The molecule has 1 rings (SSSR count). The van der Waals surface area contributed by atoms with Crippen LogP contribution in [0.25, 0.3) is 0 Å². The summed E-state index contributed by atoms with van der Waals surface area (Å²) in [7, 11) is 0. The van der Waals surface area contributed by atoms with Crippen LogP contribution in [0.2, 0.25) is 0 Å². The van der Waals surface area contributed by atoms with Crippen LogP contribution in [0.5, 0.6) is 0 Å². The quantitative estimate of drug-likeness (QED) is 0.527. The number of esters is 1. The molecule has 19 heavy (non-hydrogen) atoms. The maximum atomic E-state index is 13.3. The maximum absolute atomic E-state index is 13.3. The first-order chi connectivity index (χ1) is 9.13. The molecule has 0 atom stereocenters. The fourth-order valence-electron chi connectivity index (χ4n) is 1.76. The van der Waals surface area contributed by atoms with Gasteiger partial charge in [-0.3, -0.25) is 4.79 Å². The molecule has 0 heterocycles. The number of aryl methyl sites for hydroxylation is 1. The molecule has 0 amide bonds. The molecule has 1 aromatic rings. The zero-order chi connectivity index (χ0) is 14.1. The van der Waals surface area contributed by atoms with Gasteiger partial charge in [-0.1, -0.05) is 26.2 Å². The average Bonchev–Trinajstić information content (AvgIpc) is 2.39. The predicted octanol–water partition coefficient (Wildman–Crippen LogP) is 4.02. The van der Waals surface area contributed by atoms with Crippen molar-refractivity contribution in [2.75, 3.05) is 6.61 Å². The van der Waals surface area contributed by atoms with E-state index in [9.17, 15) is 13.6 Å². The summed E-state index contributed by atoms with van der Waals surface area (Å²) in [5.41, 5.74) is 0.211. The van der Waals surface area contributed by atoms with E-state index in [1.807, 2.05) is 0 Å². The van der Waals surface area contributed by atoms with Crippen LogP contribution in [0, 0.1) is 11.6 Å². The Morgan fingerprint density at radius 2 is 2.00 bits per heavy atom. The highest BCUT2D eigenvalue weighted by Crippen LogP contribution is 2.12. The van der Waals surface area contributed by atoms with E-state index in [1.165, 1.54) is 0 Å². The van der Waals surface area contributed by atoms with Gasteiger partial charge in [0.15, 0.2) is 0 Å². The van der Waals surface area contributed by atoms with E-state index < -0.39 is 11.6 Å². The summed E-state index contributed by atoms with van der Waals surface area (Å²) in [6.45, 7) is 2.52. The summed E-state index contributed by atoms with van der Waals surface area (Å²) in [6, 6.07) is 3.25. The van der Waals surface area contributed by atoms with E-state index >= 15 is 0 Å². The molecule has 0 aliphatic heterocycles. The fraction of sp³-hybridized carbons (Fsp3) is 0.533. The first kappa shape index (κ1) is 15.6. The van der Waals surface area contributed by atoms with Gasteiger partial charge in [0.05, 0.1) is 6.61 Å². The van der Waals surface area contributed by atoms with Crippen LogP contribution in [0.1, 0.15) is 44.6 Å². The van der Waals surface area contributed by atoms with E-state index in [-0.39, 0.29) is 24.4 Å². The highest BCUT2D eigenvalue weighted by Gasteiger charge is 2.08. The zero-order valence-corrected chi connectivity index (χ0v) is 11.3. The van der Waals surface area contributed by atoms with Gasteiger partial charge in [-0.05, 0) is 36.6 Å². The van der Waals surface area contributed by atoms with Crippen molar-refractivity contribution >= 4 is 5.97 Å². The van der Waals surface area contributed by atoms with Gasteiger partial charge < -0.3 is 4.74 Å². The highest BCUT2D eigenvalue weighted by molar-refractivity contribution is 5.69. The van der Waals surface area contributed by atoms with Crippen molar-refractivity contribution in [3.63, 3.8) is 0 Å². The molecule has 0 fully saturated rings. The van der Waals surface area contributed by atoms with Gasteiger partial charge in [0.25, 0.3) is 0 Å². The smallest absolute Gasteiger partial charge is 0.306 e. The molecule has 4 heteroatoms. The number of carbonyl (C=O) groups excluding carboxylic acids is 1. The molecular weight excluding hydrogens is 250 g/mol. The normalized spacial score (nSPS) is 10.5. The highest BCUT2D eigenvalue weighted by atomic mass is 19.1. The Morgan fingerprint density at radius 1 is 1.21 bits per heavy atom. The second-order valence-corrected chi connectivity index (χ2v) is 4.52. The first-order valence-corrected chi connectivity index (χ1v) is 6.73. The van der Waals surface area contributed by atoms with Crippen LogP contribution in [0.4, 0.5) is 8.78 Å². The summed E-state index contributed by atoms with van der Waals surface area (Å²) in [5, 5.41) is 0. The Balaban J connectivity index is 2.24. The minimum atomic E-state index is -0.496. The van der Waals surface area contributed by atoms with Crippen molar-refractivity contribution in [1.82, 2.24) is 0 Å². The summed E-state index contributed by atoms with van der Waals surface area (Å²) in [4.78, 5) is 11.4. The molecule has 0 N–H and O–H groups in total. The third-order valence-corrected chi connectivity index (χ3v) is 2.87. The number of hydrogen-bond acceptors (Lipinski definition) is 2. The first-order valence-electron chi connectivity index (χ1n) is 6.73. The van der Waals surface area contributed by atoms with E-state index in [0.29, 0.717) is 6.61 Å². The van der Waals surface area contributed by atoms with Gasteiger partial charge in [-0.2, -0.15) is 0 Å². The minimum absolute atomic E-state index is 0.0775. The Bertz CT molecular complexity index is 405. The Morgan fingerprint density at radius 3 is 2.74 bits per heavy atom. The van der Waals surface area contributed by atoms with Crippen LogP contribution >= 0.6 is 0 Å². The molecule has 0 radical (unpaired) electrons. The standard InChI is InChI=1S/C15H20F2O2/c1-2-3-4-5-10-19-15(18)9-6-12-11-13(16)7-8-14(12)17/h7-8,11H,2-6,9-10H2,1H3. The number of benzene rings is 1. The van der Waals surface area contributed by atoms with Gasteiger partial charge in [-0.15, -0.1) is 0 Å². The lowest BCUT2D eigenvalue weighted by atomic mass is 10.1. The molecule has 0 unspecified atom stereocenters. The number of rotatable bonds is 8. The molecule has 0 bridgehead atoms. The molecule has 0 aromatic heterocycles. The molecular formula is C15H20F2O2. The SMILES string of the molecule is CCCCCCOC(=O)CCc1cc(F)ccc1F. The van der Waals surface area contributed by atoms with Crippen LogP contribution in [-0.2, 0) is 16.0 Å². The Hall–Kier alpha value is -1.45. The molecule has 0 spiro atoms. The van der Waals surface area contributed by atoms with Gasteiger partial charge in [-0.25, -0.2) is 8.78 Å². The van der Waals surface area contributed by atoms with Crippen LogP contribution < -0.4 is 0 Å². The van der Waals surface area contributed by atoms with Crippen molar-refractivity contribution in [2.45, 2.75) is 45.4 Å². The molecule has 0 aliphatic rings. The van der Waals surface area contributed by atoms with Gasteiger partial charge in [0.2, 0.25) is 0 Å². The topological polar surface area (TPSA) is 26.3 Å². The third-order valence-electron chi connectivity index (χ3n) is 2.87. The van der Waals surface area contributed by atoms with Crippen molar-refractivity contribution < 1.29 is 18.3 Å². The van der Waals surface area contributed by atoms with Crippen LogP contribution in [0.15, 0.2) is 18.2 Å². The van der Waals surface area contributed by atoms with E-state index in [0.717, 1.165) is 43.9 Å². The van der Waals surface area contributed by atoms with Gasteiger partial charge in [0.1, 0.15) is 11.6 Å². The summed E-state index contributed by atoms with van der Waals surface area (Å²) in [6.07, 6.45) is 4.40. The molecule has 2 nitrogen and oxygen atoms in total. The van der Waals surface area contributed by atoms with E-state index in [2.05, 4.69) is 6.92 Å². The molecule has 0 saturated carbocycles. The second-order valence-electron chi connectivity index (χ2n) is 4.52. The third kappa shape index (κ3) is 6.32. The summed E-state index contributed by atoms with van der Waals surface area (Å²) >= 11 is 0. The molecule has 1 aromatic carbocycles. The number of halogens is 2. The van der Waals surface area contributed by atoms with Crippen LogP contribution in [0.3, 0.4) is 0 Å². The number of hydrogen-bond donors (Lipinski definition) is 0. The Labute approximate surface area is 112 Å². The Kier molecular flexibility index (Phi) is 7.08. The van der Waals surface area contributed by atoms with E-state index in [4.69, 9.17) is 4.74 Å². The van der Waals surface area contributed by atoms with Crippen molar-refractivity contribution in [3.05, 3.63) is 35.4 Å². The van der Waals surface area contributed by atoms with Crippen LogP contribution in [-0.4, -0.2) is 12.6 Å². The van der Waals surface area contributed by atoms with Crippen molar-refractivity contribution in [2.24, 2.45) is 0 Å². The van der Waals surface area contributed by atoms with Crippen molar-refractivity contribution in [3.8, 4) is 0 Å². The zero-order valence-electron chi connectivity index (χ0n) is 11.3. The van der Waals surface area contributed by atoms with Gasteiger partial charge in [0, 0.05) is 6.42 Å². The molecule has 0 aliphatic carbocycles. The van der Waals surface area contributed by atoms with Crippen molar-refractivity contribution in [1.29, 1.82) is 0 Å². The molecule has 106 valence electrons.